The van der Waals surface area contributed by atoms with Crippen LogP contribution in [0.15, 0.2) is 82.0 Å². The number of aliphatic hydroxyl groups is 3. The Kier molecular flexibility index (Phi) is 16.3. The number of para-hydroxylation sites is 2. The minimum Gasteiger partial charge on any atom is -0.504 e. The summed E-state index contributed by atoms with van der Waals surface area (Å²) < 4.78 is 5.63. The maximum atomic E-state index is 12.0. The van der Waals surface area contributed by atoms with Gasteiger partial charge in [-0.1, -0.05) is 52.0 Å². The molecular weight excluding hydrogens is 873 g/mol. The van der Waals surface area contributed by atoms with Crippen molar-refractivity contribution in [1.82, 2.24) is 0 Å². The van der Waals surface area contributed by atoms with Crippen molar-refractivity contribution in [2.45, 2.75) is 71.3 Å². The Labute approximate surface area is 384 Å². The highest BCUT2D eigenvalue weighted by atomic mass is 16.4. The first-order valence-electron chi connectivity index (χ1n) is 20.7. The van der Waals surface area contributed by atoms with Crippen molar-refractivity contribution in [1.29, 1.82) is 0 Å². The zero-order chi connectivity index (χ0) is 50.5. The molecule has 1 aliphatic carbocycles. The van der Waals surface area contributed by atoms with Crippen LogP contribution in [0.4, 0.5) is 0 Å². The molecule has 0 saturated heterocycles. The molecule has 0 saturated carbocycles. The van der Waals surface area contributed by atoms with Gasteiger partial charge in [0, 0.05) is 88.5 Å². The molecule has 0 spiro atoms. The van der Waals surface area contributed by atoms with Crippen LogP contribution in [-0.4, -0.2) is 96.9 Å². The van der Waals surface area contributed by atoms with E-state index >= 15 is 0 Å². The summed E-state index contributed by atoms with van der Waals surface area (Å²) in [5.41, 5.74) is 0.957. The second-order valence-corrected chi connectivity index (χ2v) is 15.8. The van der Waals surface area contributed by atoms with Crippen LogP contribution in [0.25, 0.3) is 21.9 Å². The monoisotopic (exact) mass is 928 g/mol. The van der Waals surface area contributed by atoms with Crippen LogP contribution in [0.2, 0.25) is 0 Å². The van der Waals surface area contributed by atoms with Gasteiger partial charge in [0.2, 0.25) is 28.4 Å². The summed E-state index contributed by atoms with van der Waals surface area (Å²) in [5.74, 6) is -13.9. The molecular formula is C50H56O17. The summed E-state index contributed by atoms with van der Waals surface area (Å²) >= 11 is 0. The molecule has 358 valence electrons. The van der Waals surface area contributed by atoms with Crippen molar-refractivity contribution in [3.8, 4) is 69.0 Å². The number of benzene rings is 6. The zero-order valence-corrected chi connectivity index (χ0v) is 37.8. The molecule has 1 aliphatic rings. The smallest absolute Gasteiger partial charge is 0.200 e. The molecule has 1 aromatic heterocycles. The molecule has 0 amide bonds. The number of hydrogen-bond donors (Lipinski definition) is 15. The average molecular weight is 929 g/mol. The van der Waals surface area contributed by atoms with Crippen molar-refractivity contribution in [2.24, 2.45) is 0 Å². The Balaban J connectivity index is 0.000000349. The predicted molar refractivity (Wildman–Crippen MR) is 249 cm³/mol. The predicted octanol–water partition coefficient (Wildman–Crippen LogP) is 7.62. The molecule has 17 nitrogen and oxygen atoms in total. The molecule has 1 heterocycles. The van der Waals surface area contributed by atoms with Gasteiger partial charge in [0.05, 0.1) is 10.8 Å². The number of rotatable bonds is 0. The van der Waals surface area contributed by atoms with Gasteiger partial charge < -0.3 is 81.0 Å². The van der Waals surface area contributed by atoms with Crippen LogP contribution < -0.4 is 5.43 Å². The van der Waals surface area contributed by atoms with E-state index in [1.165, 1.54) is 52.0 Å². The van der Waals surface area contributed by atoms with Gasteiger partial charge >= 0.3 is 0 Å². The van der Waals surface area contributed by atoms with Crippen LogP contribution in [-0.2, 0) is 0 Å². The molecule has 15 N–H and O–H groups in total. The van der Waals surface area contributed by atoms with Gasteiger partial charge in [0.1, 0.15) is 11.2 Å². The maximum Gasteiger partial charge on any atom is 0.200 e. The third kappa shape index (κ3) is 9.65. The lowest BCUT2D eigenvalue weighted by molar-refractivity contribution is 0.216. The van der Waals surface area contributed by atoms with Crippen molar-refractivity contribution < 1.29 is 81.0 Å². The van der Waals surface area contributed by atoms with Crippen molar-refractivity contribution in [3.05, 3.63) is 128 Å². The summed E-state index contributed by atoms with van der Waals surface area (Å²) in [7, 11) is 2.00. The Morgan fingerprint density at radius 1 is 0.373 bits per heavy atom. The standard InChI is InChI=1S/C32H32O12.C13H8O2.C3H8O.2CH4O/c1-9-13-5-15(23(35)29(41)21(13)33)10(2)17-7-19(27(39)31(43)25(17)37)12(4)20-8-18(26(38)32(44)28(20)40)11(3)16-6-14(9)22(34)30(42)24(16)36;14-13-9-5-1-3-7-11(9)15-12-8-4-2-6-10(12)13;1-3(2)4;2*1-2/h5-12,33-44H,1-4H3;1-8H;3-4H,1-2H3;2*2H,1H3. The van der Waals surface area contributed by atoms with E-state index in [9.17, 15) is 66.1 Å². The molecule has 0 fully saturated rings. The van der Waals surface area contributed by atoms with Crippen LogP contribution in [0, 0.1) is 0 Å². The van der Waals surface area contributed by atoms with Gasteiger partial charge in [-0.15, -0.1) is 0 Å². The highest BCUT2D eigenvalue weighted by Crippen LogP contribution is 2.56. The van der Waals surface area contributed by atoms with E-state index in [4.69, 9.17) is 19.7 Å². The van der Waals surface area contributed by atoms with Crippen LogP contribution in [0.3, 0.4) is 0 Å². The number of phenols is 12. The van der Waals surface area contributed by atoms with E-state index < -0.39 is 92.7 Å². The quantitative estimate of drug-likeness (QED) is 0.0513. The van der Waals surface area contributed by atoms with Gasteiger partial charge in [-0.25, -0.2) is 0 Å². The lowest BCUT2D eigenvalue weighted by atomic mass is 9.80. The van der Waals surface area contributed by atoms with Crippen LogP contribution in [0.5, 0.6) is 69.0 Å². The van der Waals surface area contributed by atoms with Crippen molar-refractivity contribution in [3.63, 3.8) is 0 Å². The summed E-state index contributed by atoms with van der Waals surface area (Å²) in [6.07, 6.45) is -0.167. The highest BCUT2D eigenvalue weighted by molar-refractivity contribution is 5.89. The Morgan fingerprint density at radius 2 is 0.552 bits per heavy atom. The van der Waals surface area contributed by atoms with Crippen molar-refractivity contribution >= 4 is 21.9 Å². The van der Waals surface area contributed by atoms with E-state index in [1.54, 1.807) is 26.0 Å². The number of hydrogen-bond acceptors (Lipinski definition) is 17. The second-order valence-electron chi connectivity index (χ2n) is 15.8. The largest absolute Gasteiger partial charge is 0.504 e. The van der Waals surface area contributed by atoms with Gasteiger partial charge in [0.15, 0.2) is 46.0 Å². The SMILES string of the molecule is CC(C)O.CC1c2cc(c(O)c(O)c2O)C(C)c2cc(c(O)c(O)c2O)C(C)c2cc(c(O)c(O)c2O)C(C)c2cc1c(O)c(O)c2O.CO.CO.O=c1c2ccccc2oc2ccccc12. The van der Waals surface area contributed by atoms with Gasteiger partial charge in [-0.05, 0) is 62.4 Å². The second kappa shape index (κ2) is 21.1. The molecule has 7 aromatic rings. The molecule has 8 rings (SSSR count). The van der Waals surface area contributed by atoms with E-state index in [-0.39, 0.29) is 56.0 Å². The maximum absolute atomic E-state index is 12.0. The Bertz CT molecular complexity index is 2530. The van der Waals surface area contributed by atoms with Crippen molar-refractivity contribution in [2.75, 3.05) is 14.2 Å². The van der Waals surface area contributed by atoms with Crippen LogP contribution >= 0.6 is 0 Å². The fourth-order valence-electron chi connectivity index (χ4n) is 7.82. The Morgan fingerprint density at radius 3 is 0.746 bits per heavy atom. The summed E-state index contributed by atoms with van der Waals surface area (Å²) in [4.78, 5) is 12.0. The molecule has 0 atom stereocenters. The first-order valence-corrected chi connectivity index (χ1v) is 20.7. The third-order valence-electron chi connectivity index (χ3n) is 11.4. The molecule has 0 aliphatic heterocycles. The summed E-state index contributed by atoms with van der Waals surface area (Å²) in [6, 6.07) is 19.8. The van der Waals surface area contributed by atoms with Crippen LogP contribution in [0.1, 0.15) is 110 Å². The minimum atomic E-state index is -1.03. The molecule has 8 bridgehead atoms. The number of phenolic OH excluding ortho intramolecular Hbond substituents is 12. The Hall–Kier alpha value is -7.73. The van der Waals surface area contributed by atoms with Gasteiger partial charge in [-0.2, -0.15) is 0 Å². The van der Waals surface area contributed by atoms with Gasteiger partial charge in [0.25, 0.3) is 0 Å². The normalized spacial score (nSPS) is 16.0. The van der Waals surface area contributed by atoms with Gasteiger partial charge in [-0.3, -0.25) is 4.79 Å². The molecule has 0 unspecified atom stereocenters. The molecule has 67 heavy (non-hydrogen) atoms. The summed E-state index contributed by atoms with van der Waals surface area (Å²) in [6.45, 7) is 9.42. The highest BCUT2D eigenvalue weighted by Gasteiger charge is 2.34. The number of fused-ring (bicyclic) bond motifs is 10. The molecule has 17 heteroatoms. The first kappa shape index (κ1) is 51.9. The topological polar surface area (TPSA) is 334 Å². The average Bonchev–Trinajstić information content (AvgIpc) is 3.32. The van der Waals surface area contributed by atoms with E-state index in [0.717, 1.165) is 14.2 Å². The molecule has 0 radical (unpaired) electrons. The zero-order valence-electron chi connectivity index (χ0n) is 37.8. The van der Waals surface area contributed by atoms with E-state index in [1.807, 2.05) is 36.4 Å². The van der Waals surface area contributed by atoms with E-state index in [0.29, 0.717) is 21.9 Å². The third-order valence-corrected chi connectivity index (χ3v) is 11.4. The minimum absolute atomic E-state index is 0.0347. The van der Waals surface area contributed by atoms with E-state index in [2.05, 4.69) is 0 Å². The number of aromatic hydroxyl groups is 12. The number of aliphatic hydroxyl groups excluding tert-OH is 3. The fourth-order valence-corrected chi connectivity index (χ4v) is 7.82. The first-order chi connectivity index (χ1) is 31.6. The lowest BCUT2D eigenvalue weighted by Crippen LogP contribution is -2.08. The fraction of sp³-hybridized carbons (Fsp3) is 0.260. The summed E-state index contributed by atoms with van der Waals surface area (Å²) in [5, 5.41) is 153. The molecule has 6 aromatic carbocycles. The lowest BCUT2D eigenvalue weighted by Gasteiger charge is -2.26.